The zero-order valence-electron chi connectivity index (χ0n) is 7.82. The van der Waals surface area contributed by atoms with Crippen molar-refractivity contribution >= 4 is 28.3 Å². The maximum atomic E-state index is 5.93. The van der Waals surface area contributed by atoms with Crippen LogP contribution in [0.4, 0.5) is 0 Å². The molecule has 14 heavy (non-hydrogen) atoms. The van der Waals surface area contributed by atoms with Gasteiger partial charge in [0, 0.05) is 22.9 Å². The first-order valence-corrected chi connectivity index (χ1v) is 5.09. The summed E-state index contributed by atoms with van der Waals surface area (Å²) in [6.07, 6.45) is 5.41. The molecule has 3 nitrogen and oxygen atoms in total. The molecule has 1 aromatic rings. The lowest BCUT2D eigenvalue weighted by atomic mass is 10.1. The van der Waals surface area contributed by atoms with Crippen molar-refractivity contribution in [1.29, 1.82) is 0 Å². The molecule has 1 rings (SSSR count). The molecule has 0 radical (unpaired) electrons. The number of hydrogen-bond acceptors (Lipinski definition) is 3. The standard InChI is InChI=1S/C9H14BrN3.ClH/c10-8-4-7(5-13-6-8)9(12)2-1-3-11;/h4-6,9H,1-3,11-12H2;1H/t9-;/m1./s1. The van der Waals surface area contributed by atoms with Gasteiger partial charge in [-0.25, -0.2) is 0 Å². The van der Waals surface area contributed by atoms with Crippen molar-refractivity contribution in [1.82, 2.24) is 4.98 Å². The largest absolute Gasteiger partial charge is 0.330 e. The van der Waals surface area contributed by atoms with E-state index < -0.39 is 0 Å². The highest BCUT2D eigenvalue weighted by atomic mass is 79.9. The number of nitrogens with two attached hydrogens (primary N) is 2. The molecule has 0 unspecified atom stereocenters. The summed E-state index contributed by atoms with van der Waals surface area (Å²) in [6, 6.07) is 2.04. The van der Waals surface area contributed by atoms with Crippen LogP contribution in [0.15, 0.2) is 22.9 Å². The van der Waals surface area contributed by atoms with Crippen LogP contribution in [0.25, 0.3) is 0 Å². The molecule has 0 aromatic carbocycles. The Morgan fingerprint density at radius 1 is 1.43 bits per heavy atom. The van der Waals surface area contributed by atoms with E-state index in [0.717, 1.165) is 22.9 Å². The van der Waals surface area contributed by atoms with Gasteiger partial charge in [-0.3, -0.25) is 4.98 Å². The number of pyridine rings is 1. The van der Waals surface area contributed by atoms with Crippen LogP contribution in [-0.4, -0.2) is 11.5 Å². The molecule has 5 heteroatoms. The third kappa shape index (κ3) is 4.37. The Balaban J connectivity index is 0.00000169. The van der Waals surface area contributed by atoms with Gasteiger partial charge in [-0.15, -0.1) is 12.4 Å². The van der Waals surface area contributed by atoms with Crippen LogP contribution in [0.1, 0.15) is 24.4 Å². The molecule has 1 heterocycles. The molecule has 0 aliphatic carbocycles. The van der Waals surface area contributed by atoms with Crippen molar-refractivity contribution in [2.45, 2.75) is 18.9 Å². The zero-order valence-corrected chi connectivity index (χ0v) is 10.2. The minimum Gasteiger partial charge on any atom is -0.330 e. The fourth-order valence-corrected chi connectivity index (χ4v) is 1.52. The van der Waals surface area contributed by atoms with Gasteiger partial charge in [-0.05, 0) is 46.9 Å². The molecule has 0 spiro atoms. The maximum absolute atomic E-state index is 5.93. The van der Waals surface area contributed by atoms with Crippen molar-refractivity contribution in [3.8, 4) is 0 Å². The van der Waals surface area contributed by atoms with E-state index in [-0.39, 0.29) is 18.4 Å². The molecule has 1 atom stereocenters. The smallest absolute Gasteiger partial charge is 0.0410 e. The Hall–Kier alpha value is -0.160. The van der Waals surface area contributed by atoms with Crippen molar-refractivity contribution in [2.75, 3.05) is 6.54 Å². The van der Waals surface area contributed by atoms with Gasteiger partial charge in [0.15, 0.2) is 0 Å². The van der Waals surface area contributed by atoms with Crippen molar-refractivity contribution in [3.05, 3.63) is 28.5 Å². The topological polar surface area (TPSA) is 64.9 Å². The summed E-state index contributed by atoms with van der Waals surface area (Å²) in [4.78, 5) is 4.06. The van der Waals surface area contributed by atoms with E-state index in [2.05, 4.69) is 20.9 Å². The quantitative estimate of drug-likeness (QED) is 0.886. The lowest BCUT2D eigenvalue weighted by Crippen LogP contribution is -2.12. The summed E-state index contributed by atoms with van der Waals surface area (Å²) in [6.45, 7) is 0.690. The summed E-state index contributed by atoms with van der Waals surface area (Å²) < 4.78 is 0.966. The van der Waals surface area contributed by atoms with E-state index in [1.165, 1.54) is 0 Å². The Kier molecular flexibility index (Phi) is 7.09. The van der Waals surface area contributed by atoms with Crippen LogP contribution in [0.2, 0.25) is 0 Å². The maximum Gasteiger partial charge on any atom is 0.0410 e. The number of halogens is 2. The minimum atomic E-state index is 0. The summed E-state index contributed by atoms with van der Waals surface area (Å²) in [5.41, 5.74) is 12.4. The van der Waals surface area contributed by atoms with Gasteiger partial charge in [-0.2, -0.15) is 0 Å². The van der Waals surface area contributed by atoms with E-state index in [1.807, 2.05) is 6.07 Å². The predicted octanol–water partition coefficient (Wildman–Crippen LogP) is 2.00. The van der Waals surface area contributed by atoms with Crippen LogP contribution >= 0.6 is 28.3 Å². The molecule has 1 aromatic heterocycles. The predicted molar refractivity (Wildman–Crippen MR) is 64.4 cm³/mol. The van der Waals surface area contributed by atoms with Crippen LogP contribution in [0.5, 0.6) is 0 Å². The molecule has 0 saturated heterocycles. The highest BCUT2D eigenvalue weighted by Crippen LogP contribution is 2.17. The van der Waals surface area contributed by atoms with E-state index in [0.29, 0.717) is 6.54 Å². The monoisotopic (exact) mass is 279 g/mol. The van der Waals surface area contributed by atoms with Gasteiger partial charge in [-0.1, -0.05) is 0 Å². The molecule has 0 aliphatic heterocycles. The van der Waals surface area contributed by atoms with E-state index in [4.69, 9.17) is 11.5 Å². The van der Waals surface area contributed by atoms with Gasteiger partial charge >= 0.3 is 0 Å². The van der Waals surface area contributed by atoms with Crippen molar-refractivity contribution < 1.29 is 0 Å². The lowest BCUT2D eigenvalue weighted by Gasteiger charge is -2.10. The summed E-state index contributed by atoms with van der Waals surface area (Å²) in [5.74, 6) is 0. The van der Waals surface area contributed by atoms with Gasteiger partial charge in [0.25, 0.3) is 0 Å². The van der Waals surface area contributed by atoms with Crippen molar-refractivity contribution in [2.24, 2.45) is 11.5 Å². The summed E-state index contributed by atoms with van der Waals surface area (Å²) in [7, 11) is 0. The highest BCUT2D eigenvalue weighted by Gasteiger charge is 2.05. The second-order valence-corrected chi connectivity index (χ2v) is 3.89. The molecule has 0 amide bonds. The second-order valence-electron chi connectivity index (χ2n) is 2.97. The fraction of sp³-hybridized carbons (Fsp3) is 0.444. The summed E-state index contributed by atoms with van der Waals surface area (Å²) in [5, 5.41) is 0. The molecular formula is C9H15BrClN3. The lowest BCUT2D eigenvalue weighted by molar-refractivity contribution is 0.616. The van der Waals surface area contributed by atoms with Crippen LogP contribution in [-0.2, 0) is 0 Å². The third-order valence-corrected chi connectivity index (χ3v) is 2.31. The average Bonchev–Trinajstić information content (AvgIpc) is 2.14. The Morgan fingerprint density at radius 2 is 2.14 bits per heavy atom. The normalized spacial score (nSPS) is 11.9. The minimum absolute atomic E-state index is 0. The fourth-order valence-electron chi connectivity index (χ4n) is 1.14. The van der Waals surface area contributed by atoms with Crippen LogP contribution in [0, 0.1) is 0 Å². The van der Waals surface area contributed by atoms with Gasteiger partial charge in [0.1, 0.15) is 0 Å². The van der Waals surface area contributed by atoms with Crippen LogP contribution < -0.4 is 11.5 Å². The SMILES string of the molecule is Cl.NCCC[C@@H](N)c1cncc(Br)c1. The Morgan fingerprint density at radius 3 is 2.71 bits per heavy atom. The average molecular weight is 281 g/mol. The first-order chi connectivity index (χ1) is 6.24. The molecule has 4 N–H and O–H groups in total. The second kappa shape index (κ2) is 7.17. The molecule has 80 valence electrons. The Labute approximate surface area is 98.8 Å². The van der Waals surface area contributed by atoms with Gasteiger partial charge in [0.05, 0.1) is 0 Å². The molecular weight excluding hydrogens is 265 g/mol. The Bertz CT molecular complexity index is 270. The molecule has 0 aliphatic rings. The van der Waals surface area contributed by atoms with E-state index in [9.17, 15) is 0 Å². The molecule has 0 fully saturated rings. The van der Waals surface area contributed by atoms with Crippen molar-refractivity contribution in [3.63, 3.8) is 0 Å². The number of nitrogens with zero attached hydrogens (tertiary/aromatic N) is 1. The molecule has 0 saturated carbocycles. The first kappa shape index (κ1) is 13.8. The third-order valence-electron chi connectivity index (χ3n) is 1.87. The van der Waals surface area contributed by atoms with E-state index in [1.54, 1.807) is 12.4 Å². The first-order valence-electron chi connectivity index (χ1n) is 4.30. The highest BCUT2D eigenvalue weighted by molar-refractivity contribution is 9.10. The summed E-state index contributed by atoms with van der Waals surface area (Å²) >= 11 is 3.36. The van der Waals surface area contributed by atoms with Gasteiger partial charge in [0.2, 0.25) is 0 Å². The number of aromatic nitrogens is 1. The number of hydrogen-bond donors (Lipinski definition) is 2. The molecule has 0 bridgehead atoms. The zero-order chi connectivity index (χ0) is 9.68. The number of rotatable bonds is 4. The van der Waals surface area contributed by atoms with E-state index >= 15 is 0 Å². The van der Waals surface area contributed by atoms with Crippen LogP contribution in [0.3, 0.4) is 0 Å². The van der Waals surface area contributed by atoms with Gasteiger partial charge < -0.3 is 11.5 Å².